The smallest absolute Gasteiger partial charge is 0.261 e. The number of ether oxygens (including phenoxy) is 1. The molecule has 1 fully saturated rings. The van der Waals surface area contributed by atoms with Crippen molar-refractivity contribution >= 4 is 22.6 Å². The molecule has 0 atom stereocenters. The number of amides is 1. The number of aromatic nitrogens is 4. The number of nitrogens with zero attached hydrogens (tertiary/aromatic N) is 6. The molecule has 3 heterocycles. The highest BCUT2D eigenvalue weighted by molar-refractivity contribution is 5.79. The topological polar surface area (TPSA) is 93.5 Å². The van der Waals surface area contributed by atoms with Crippen molar-refractivity contribution in [2.45, 2.75) is 6.54 Å². The van der Waals surface area contributed by atoms with E-state index in [2.05, 4.69) is 20.1 Å². The second-order valence-corrected chi connectivity index (χ2v) is 8.07. The molecule has 1 saturated heterocycles. The highest BCUT2D eigenvalue weighted by atomic mass is 16.5. The van der Waals surface area contributed by atoms with E-state index in [1.54, 1.807) is 30.2 Å². The largest absolute Gasteiger partial charge is 0.497 e. The van der Waals surface area contributed by atoms with Crippen LogP contribution in [0.1, 0.15) is 0 Å². The predicted octanol–water partition coefficient (Wildman–Crippen LogP) is 2.21. The van der Waals surface area contributed by atoms with Crippen LogP contribution in [0.15, 0.2) is 71.8 Å². The molecule has 0 bridgehead atoms. The summed E-state index contributed by atoms with van der Waals surface area (Å²) < 4.78 is 6.57. The summed E-state index contributed by atoms with van der Waals surface area (Å²) in [6.07, 6.45) is 1.44. The number of piperazine rings is 1. The molecule has 4 aromatic rings. The zero-order chi connectivity index (χ0) is 23.5. The molecule has 1 aliphatic rings. The number of anilines is 1. The molecule has 9 heteroatoms. The van der Waals surface area contributed by atoms with Gasteiger partial charge in [0.1, 0.15) is 12.3 Å². The Morgan fingerprint density at radius 3 is 2.41 bits per heavy atom. The zero-order valence-electron chi connectivity index (χ0n) is 18.8. The molecule has 0 N–H and O–H groups in total. The van der Waals surface area contributed by atoms with Gasteiger partial charge in [0.2, 0.25) is 5.91 Å². The van der Waals surface area contributed by atoms with Gasteiger partial charge in [0.25, 0.3) is 5.56 Å². The van der Waals surface area contributed by atoms with Crippen molar-refractivity contribution in [1.29, 1.82) is 0 Å². The third kappa shape index (κ3) is 4.32. The van der Waals surface area contributed by atoms with Crippen molar-refractivity contribution in [1.82, 2.24) is 24.6 Å². The van der Waals surface area contributed by atoms with Gasteiger partial charge in [0.15, 0.2) is 5.82 Å². The number of benzene rings is 2. The Hall–Kier alpha value is -4.27. The Morgan fingerprint density at radius 2 is 1.71 bits per heavy atom. The van der Waals surface area contributed by atoms with E-state index in [4.69, 9.17) is 4.74 Å². The van der Waals surface area contributed by atoms with Gasteiger partial charge in [0, 0.05) is 31.7 Å². The monoisotopic (exact) mass is 456 g/mol. The minimum Gasteiger partial charge on any atom is -0.497 e. The molecule has 0 radical (unpaired) electrons. The average molecular weight is 457 g/mol. The normalized spacial score (nSPS) is 13.8. The number of para-hydroxylation sites is 1. The van der Waals surface area contributed by atoms with Gasteiger partial charge in [-0.1, -0.05) is 12.1 Å². The van der Waals surface area contributed by atoms with Gasteiger partial charge >= 0.3 is 0 Å². The lowest BCUT2D eigenvalue weighted by Gasteiger charge is -2.35. The molecule has 172 valence electrons. The Morgan fingerprint density at radius 1 is 0.941 bits per heavy atom. The number of hydrogen-bond acceptors (Lipinski definition) is 7. The van der Waals surface area contributed by atoms with Crippen molar-refractivity contribution < 1.29 is 9.53 Å². The van der Waals surface area contributed by atoms with Crippen LogP contribution < -0.4 is 15.2 Å². The van der Waals surface area contributed by atoms with E-state index in [-0.39, 0.29) is 18.0 Å². The van der Waals surface area contributed by atoms with E-state index in [0.717, 1.165) is 22.8 Å². The molecule has 0 aliphatic carbocycles. The van der Waals surface area contributed by atoms with E-state index in [1.165, 1.54) is 10.9 Å². The highest BCUT2D eigenvalue weighted by Gasteiger charge is 2.23. The zero-order valence-corrected chi connectivity index (χ0v) is 18.8. The van der Waals surface area contributed by atoms with Crippen LogP contribution >= 0.6 is 0 Å². The van der Waals surface area contributed by atoms with Crippen LogP contribution in [0.5, 0.6) is 5.75 Å². The Balaban J connectivity index is 1.20. The number of methoxy groups -OCH3 is 1. The van der Waals surface area contributed by atoms with Crippen molar-refractivity contribution in [3.05, 3.63) is 77.3 Å². The highest BCUT2D eigenvalue weighted by Crippen LogP contribution is 2.22. The molecule has 1 aliphatic heterocycles. The van der Waals surface area contributed by atoms with Gasteiger partial charge in [-0.05, 0) is 48.5 Å². The number of rotatable bonds is 5. The maximum Gasteiger partial charge on any atom is 0.261 e. The first-order chi connectivity index (χ1) is 16.6. The van der Waals surface area contributed by atoms with E-state index in [9.17, 15) is 9.59 Å². The summed E-state index contributed by atoms with van der Waals surface area (Å²) in [6.45, 7) is 2.38. The van der Waals surface area contributed by atoms with Crippen LogP contribution in [0.4, 0.5) is 5.82 Å². The minimum atomic E-state index is -0.204. The van der Waals surface area contributed by atoms with Crippen LogP contribution in [0.3, 0.4) is 0 Å². The van der Waals surface area contributed by atoms with Crippen molar-refractivity contribution in [3.63, 3.8) is 0 Å². The third-order valence-electron chi connectivity index (χ3n) is 6.03. The summed E-state index contributed by atoms with van der Waals surface area (Å²) in [7, 11) is 1.64. The van der Waals surface area contributed by atoms with E-state index in [1.807, 2.05) is 42.5 Å². The van der Waals surface area contributed by atoms with Crippen molar-refractivity contribution in [3.8, 4) is 17.0 Å². The molecule has 9 nitrogen and oxygen atoms in total. The van der Waals surface area contributed by atoms with Crippen LogP contribution in [-0.4, -0.2) is 63.8 Å². The van der Waals surface area contributed by atoms with Crippen molar-refractivity contribution in [2.75, 3.05) is 38.2 Å². The lowest BCUT2D eigenvalue weighted by molar-refractivity contribution is -0.132. The number of carbonyl (C=O) groups is 1. The van der Waals surface area contributed by atoms with Gasteiger partial charge < -0.3 is 14.5 Å². The quantitative estimate of drug-likeness (QED) is 0.455. The fraction of sp³-hybridized carbons (Fsp3) is 0.240. The summed E-state index contributed by atoms with van der Waals surface area (Å²) in [5, 5.41) is 9.27. The molecule has 2 aromatic heterocycles. The van der Waals surface area contributed by atoms with Gasteiger partial charge in [-0.15, -0.1) is 10.2 Å². The molecule has 5 rings (SSSR count). The fourth-order valence-corrected chi connectivity index (χ4v) is 4.06. The fourth-order valence-electron chi connectivity index (χ4n) is 4.06. The van der Waals surface area contributed by atoms with E-state index in [0.29, 0.717) is 37.1 Å². The van der Waals surface area contributed by atoms with Gasteiger partial charge in [0.05, 0.1) is 30.0 Å². The second kappa shape index (κ2) is 9.30. The maximum absolute atomic E-state index is 12.8. The first kappa shape index (κ1) is 21.6. The molecule has 0 spiro atoms. The second-order valence-electron chi connectivity index (χ2n) is 8.07. The summed E-state index contributed by atoms with van der Waals surface area (Å²) >= 11 is 0. The molecule has 1 amide bonds. The van der Waals surface area contributed by atoms with Gasteiger partial charge in [-0.3, -0.25) is 14.2 Å². The molecule has 0 saturated carbocycles. The number of hydrogen-bond donors (Lipinski definition) is 0. The van der Waals surface area contributed by atoms with E-state index >= 15 is 0 Å². The SMILES string of the molecule is COc1ccc(-c2ccc(N3CCN(C(=O)Cn4cnc5ccccc5c4=O)CC3)nn2)cc1. The van der Waals surface area contributed by atoms with Crippen LogP contribution in [0.2, 0.25) is 0 Å². The molecular formula is C25H24N6O3. The van der Waals surface area contributed by atoms with Gasteiger partial charge in [-0.25, -0.2) is 4.98 Å². The lowest BCUT2D eigenvalue weighted by atomic mass is 10.1. The molecule has 2 aromatic carbocycles. The lowest BCUT2D eigenvalue weighted by Crippen LogP contribution is -2.50. The molecular weight excluding hydrogens is 432 g/mol. The number of fused-ring (bicyclic) bond motifs is 1. The Kier molecular flexibility index (Phi) is 5.90. The summed E-state index contributed by atoms with van der Waals surface area (Å²) in [4.78, 5) is 33.7. The van der Waals surface area contributed by atoms with E-state index < -0.39 is 0 Å². The number of carbonyl (C=O) groups excluding carboxylic acids is 1. The Bertz CT molecular complexity index is 1360. The maximum atomic E-state index is 12.8. The first-order valence-corrected chi connectivity index (χ1v) is 11.1. The van der Waals surface area contributed by atoms with Crippen LogP contribution in [0.25, 0.3) is 22.2 Å². The summed E-state index contributed by atoms with van der Waals surface area (Å²) in [6, 6.07) is 18.7. The van der Waals surface area contributed by atoms with Crippen LogP contribution in [-0.2, 0) is 11.3 Å². The summed E-state index contributed by atoms with van der Waals surface area (Å²) in [5.74, 6) is 1.47. The van der Waals surface area contributed by atoms with Crippen molar-refractivity contribution in [2.24, 2.45) is 0 Å². The average Bonchev–Trinajstić information content (AvgIpc) is 2.90. The third-order valence-corrected chi connectivity index (χ3v) is 6.03. The predicted molar refractivity (Wildman–Crippen MR) is 129 cm³/mol. The minimum absolute atomic E-state index is 0.0208. The molecule has 0 unspecified atom stereocenters. The summed E-state index contributed by atoms with van der Waals surface area (Å²) in [5.41, 5.74) is 2.18. The first-order valence-electron chi connectivity index (χ1n) is 11.1. The molecule has 34 heavy (non-hydrogen) atoms. The van der Waals surface area contributed by atoms with Crippen LogP contribution in [0, 0.1) is 0 Å². The standard InChI is InChI=1S/C25H24N6O3/c1-34-19-8-6-18(7-9-19)21-10-11-23(28-27-21)29-12-14-30(15-13-29)24(32)16-31-17-26-22-5-3-2-4-20(22)25(31)33/h2-11,17H,12-16H2,1H3. The van der Waals surface area contributed by atoms with Gasteiger partial charge in [-0.2, -0.15) is 0 Å². The Labute approximate surface area is 196 Å².